The molecule has 0 radical (unpaired) electrons. The highest BCUT2D eigenvalue weighted by Crippen LogP contribution is 2.24. The second-order valence-corrected chi connectivity index (χ2v) is 6.18. The lowest BCUT2D eigenvalue weighted by atomic mass is 10.1. The second kappa shape index (κ2) is 7.25. The molecule has 0 unspecified atom stereocenters. The van der Waals surface area contributed by atoms with Crippen LogP contribution in [-0.4, -0.2) is 16.1 Å². The predicted molar refractivity (Wildman–Crippen MR) is 104 cm³/mol. The van der Waals surface area contributed by atoms with Gasteiger partial charge in [0.05, 0.1) is 0 Å². The van der Waals surface area contributed by atoms with Crippen LogP contribution < -0.4 is 5.32 Å². The standard InChI is InChI=1S/C22H17N3O2/c1-15-6-5-9-18(14-15)20(26)23-19-12-10-17(11-13-19)22-25-24-21(27-22)16-7-3-2-4-8-16/h2-14H,1H3,(H,23,26). The summed E-state index contributed by atoms with van der Waals surface area (Å²) in [6.45, 7) is 1.96. The fraction of sp³-hybridized carbons (Fsp3) is 0.0455. The fourth-order valence-corrected chi connectivity index (χ4v) is 2.72. The molecular formula is C22H17N3O2. The van der Waals surface area contributed by atoms with Crippen LogP contribution in [0, 0.1) is 6.92 Å². The third-order valence-electron chi connectivity index (χ3n) is 4.12. The van der Waals surface area contributed by atoms with Crippen LogP contribution in [0.5, 0.6) is 0 Å². The van der Waals surface area contributed by atoms with E-state index in [2.05, 4.69) is 15.5 Å². The Labute approximate surface area is 156 Å². The number of benzene rings is 3. The Kier molecular flexibility index (Phi) is 4.49. The second-order valence-electron chi connectivity index (χ2n) is 6.18. The lowest BCUT2D eigenvalue weighted by Gasteiger charge is -2.06. The summed E-state index contributed by atoms with van der Waals surface area (Å²) in [6, 6.07) is 24.4. The summed E-state index contributed by atoms with van der Waals surface area (Å²) in [5.74, 6) is 0.767. The molecule has 4 rings (SSSR count). The third-order valence-corrected chi connectivity index (χ3v) is 4.12. The first-order chi connectivity index (χ1) is 13.2. The van der Waals surface area contributed by atoms with E-state index in [0.29, 0.717) is 23.0 Å². The smallest absolute Gasteiger partial charge is 0.255 e. The third kappa shape index (κ3) is 3.77. The molecule has 3 aromatic carbocycles. The van der Waals surface area contributed by atoms with Crippen molar-refractivity contribution >= 4 is 11.6 Å². The number of carbonyl (C=O) groups excluding carboxylic acids is 1. The Morgan fingerprint density at radius 3 is 2.15 bits per heavy atom. The highest BCUT2D eigenvalue weighted by Gasteiger charge is 2.11. The Bertz CT molecular complexity index is 1070. The molecule has 1 N–H and O–H groups in total. The van der Waals surface area contributed by atoms with E-state index in [1.54, 1.807) is 6.07 Å². The van der Waals surface area contributed by atoms with Crippen LogP contribution in [0.1, 0.15) is 15.9 Å². The van der Waals surface area contributed by atoms with Gasteiger partial charge in [-0.15, -0.1) is 10.2 Å². The molecule has 0 bridgehead atoms. The molecule has 0 saturated carbocycles. The summed E-state index contributed by atoms with van der Waals surface area (Å²) in [5, 5.41) is 11.1. The minimum Gasteiger partial charge on any atom is -0.416 e. The van der Waals surface area contributed by atoms with E-state index < -0.39 is 0 Å². The van der Waals surface area contributed by atoms with E-state index in [-0.39, 0.29) is 5.91 Å². The highest BCUT2D eigenvalue weighted by atomic mass is 16.4. The summed E-state index contributed by atoms with van der Waals surface area (Å²) in [5.41, 5.74) is 4.04. The number of carbonyl (C=O) groups is 1. The van der Waals surface area contributed by atoms with Gasteiger partial charge in [0.1, 0.15) is 0 Å². The maximum Gasteiger partial charge on any atom is 0.255 e. The molecule has 27 heavy (non-hydrogen) atoms. The summed E-state index contributed by atoms with van der Waals surface area (Å²) in [6.07, 6.45) is 0. The molecule has 0 atom stereocenters. The zero-order valence-electron chi connectivity index (χ0n) is 14.7. The largest absolute Gasteiger partial charge is 0.416 e. The van der Waals surface area contributed by atoms with E-state index in [0.717, 1.165) is 16.7 Å². The van der Waals surface area contributed by atoms with Gasteiger partial charge in [-0.1, -0.05) is 35.9 Å². The monoisotopic (exact) mass is 355 g/mol. The Balaban J connectivity index is 1.49. The van der Waals surface area contributed by atoms with Crippen LogP contribution in [0.25, 0.3) is 22.9 Å². The van der Waals surface area contributed by atoms with Crippen molar-refractivity contribution in [2.45, 2.75) is 6.92 Å². The normalized spacial score (nSPS) is 10.6. The van der Waals surface area contributed by atoms with Gasteiger partial charge in [0, 0.05) is 22.4 Å². The van der Waals surface area contributed by atoms with E-state index in [1.165, 1.54) is 0 Å². The number of hydrogen-bond donors (Lipinski definition) is 1. The number of aromatic nitrogens is 2. The number of nitrogens with one attached hydrogen (secondary N) is 1. The first-order valence-corrected chi connectivity index (χ1v) is 8.56. The molecular weight excluding hydrogens is 338 g/mol. The highest BCUT2D eigenvalue weighted by molar-refractivity contribution is 6.04. The molecule has 1 aromatic heterocycles. The summed E-state index contributed by atoms with van der Waals surface area (Å²) in [7, 11) is 0. The zero-order valence-corrected chi connectivity index (χ0v) is 14.7. The van der Waals surface area contributed by atoms with Gasteiger partial charge < -0.3 is 9.73 Å². The number of nitrogens with zero attached hydrogens (tertiary/aromatic N) is 2. The number of aryl methyl sites for hydroxylation is 1. The van der Waals surface area contributed by atoms with Gasteiger partial charge in [-0.2, -0.15) is 0 Å². The van der Waals surface area contributed by atoms with Crippen molar-refractivity contribution in [1.29, 1.82) is 0 Å². The van der Waals surface area contributed by atoms with Gasteiger partial charge >= 0.3 is 0 Å². The molecule has 1 heterocycles. The zero-order chi connectivity index (χ0) is 18.6. The van der Waals surface area contributed by atoms with Crippen LogP contribution in [0.15, 0.2) is 83.3 Å². The van der Waals surface area contributed by atoms with E-state index in [1.807, 2.05) is 79.7 Å². The average molecular weight is 355 g/mol. The SMILES string of the molecule is Cc1cccc(C(=O)Nc2ccc(-c3nnc(-c4ccccc4)o3)cc2)c1. The van der Waals surface area contributed by atoms with Crippen LogP contribution in [0.4, 0.5) is 5.69 Å². The van der Waals surface area contributed by atoms with Gasteiger partial charge in [0.2, 0.25) is 11.8 Å². The van der Waals surface area contributed by atoms with E-state index in [4.69, 9.17) is 4.42 Å². The van der Waals surface area contributed by atoms with Gasteiger partial charge in [-0.25, -0.2) is 0 Å². The molecule has 5 nitrogen and oxygen atoms in total. The van der Waals surface area contributed by atoms with Crippen molar-refractivity contribution in [3.05, 3.63) is 90.0 Å². The molecule has 0 fully saturated rings. The van der Waals surface area contributed by atoms with Crippen molar-refractivity contribution in [1.82, 2.24) is 10.2 Å². The predicted octanol–water partition coefficient (Wildman–Crippen LogP) is 4.96. The quantitative estimate of drug-likeness (QED) is 0.561. The molecule has 132 valence electrons. The summed E-state index contributed by atoms with van der Waals surface area (Å²) in [4.78, 5) is 12.3. The van der Waals surface area contributed by atoms with Gasteiger partial charge in [-0.05, 0) is 55.5 Å². The van der Waals surface area contributed by atoms with E-state index >= 15 is 0 Å². The lowest BCUT2D eigenvalue weighted by Crippen LogP contribution is -2.11. The van der Waals surface area contributed by atoms with Crippen molar-refractivity contribution in [3.8, 4) is 22.9 Å². The Morgan fingerprint density at radius 2 is 1.48 bits per heavy atom. The lowest BCUT2D eigenvalue weighted by molar-refractivity contribution is 0.102. The maximum absolute atomic E-state index is 12.3. The molecule has 4 aromatic rings. The van der Waals surface area contributed by atoms with Crippen molar-refractivity contribution in [2.75, 3.05) is 5.32 Å². The molecule has 0 aliphatic heterocycles. The molecule has 0 saturated heterocycles. The first-order valence-electron chi connectivity index (χ1n) is 8.56. The van der Waals surface area contributed by atoms with Crippen molar-refractivity contribution in [3.63, 3.8) is 0 Å². The molecule has 1 amide bonds. The van der Waals surface area contributed by atoms with Crippen LogP contribution >= 0.6 is 0 Å². The first kappa shape index (κ1) is 16.7. The molecule has 0 aliphatic rings. The van der Waals surface area contributed by atoms with Gasteiger partial charge in [0.25, 0.3) is 5.91 Å². The van der Waals surface area contributed by atoms with Crippen LogP contribution in [0.3, 0.4) is 0 Å². The Hall–Kier alpha value is -3.73. The molecule has 0 aliphatic carbocycles. The maximum atomic E-state index is 12.3. The van der Waals surface area contributed by atoms with Crippen LogP contribution in [-0.2, 0) is 0 Å². The van der Waals surface area contributed by atoms with Crippen molar-refractivity contribution < 1.29 is 9.21 Å². The van der Waals surface area contributed by atoms with E-state index in [9.17, 15) is 4.79 Å². The molecule has 0 spiro atoms. The topological polar surface area (TPSA) is 68.0 Å². The van der Waals surface area contributed by atoms with Crippen LogP contribution in [0.2, 0.25) is 0 Å². The minimum absolute atomic E-state index is 0.143. The minimum atomic E-state index is -0.143. The number of rotatable bonds is 4. The summed E-state index contributed by atoms with van der Waals surface area (Å²) < 4.78 is 5.75. The summed E-state index contributed by atoms with van der Waals surface area (Å²) >= 11 is 0. The Morgan fingerprint density at radius 1 is 0.815 bits per heavy atom. The van der Waals surface area contributed by atoms with Crippen molar-refractivity contribution in [2.24, 2.45) is 0 Å². The average Bonchev–Trinajstić information content (AvgIpc) is 3.19. The van der Waals surface area contributed by atoms with Gasteiger partial charge in [-0.3, -0.25) is 4.79 Å². The van der Waals surface area contributed by atoms with Gasteiger partial charge in [0.15, 0.2) is 0 Å². The number of hydrogen-bond acceptors (Lipinski definition) is 4. The fourth-order valence-electron chi connectivity index (χ4n) is 2.72. The molecule has 5 heteroatoms. The number of anilines is 1. The number of amides is 1.